The van der Waals surface area contributed by atoms with Crippen molar-refractivity contribution < 1.29 is 19.4 Å². The number of methoxy groups -OCH3 is 1. The number of nitriles is 1. The van der Waals surface area contributed by atoms with Crippen LogP contribution < -0.4 is 29.7 Å². The molecule has 0 unspecified atom stereocenters. The van der Waals surface area contributed by atoms with Gasteiger partial charge in [-0.3, -0.25) is 14.2 Å². The molecule has 0 saturated heterocycles. The molecule has 1 aromatic heterocycles. The SMILES string of the molecule is COc1cc([C@H]2C(C(=O)Nc3ccccc3)=C(C)N=c3s/c(=C\c4ccccc4OCC#N)c(=O)n32)ccc1O. The molecule has 1 amide bonds. The Morgan fingerprint density at radius 3 is 2.65 bits per heavy atom. The lowest BCUT2D eigenvalue weighted by Crippen LogP contribution is -2.40. The Morgan fingerprint density at radius 2 is 1.90 bits per heavy atom. The third-order valence-electron chi connectivity index (χ3n) is 6.32. The third-order valence-corrected chi connectivity index (χ3v) is 7.30. The summed E-state index contributed by atoms with van der Waals surface area (Å²) in [7, 11) is 1.43. The topological polar surface area (TPSA) is 126 Å². The highest BCUT2D eigenvalue weighted by Crippen LogP contribution is 2.35. The minimum absolute atomic E-state index is 0.0661. The van der Waals surface area contributed by atoms with Gasteiger partial charge in [-0.25, -0.2) is 4.99 Å². The van der Waals surface area contributed by atoms with E-state index >= 15 is 0 Å². The highest BCUT2D eigenvalue weighted by Gasteiger charge is 2.33. The van der Waals surface area contributed by atoms with Gasteiger partial charge >= 0.3 is 0 Å². The van der Waals surface area contributed by atoms with Gasteiger partial charge in [-0.1, -0.05) is 53.8 Å². The Labute approximate surface area is 233 Å². The second kappa shape index (κ2) is 11.3. The molecule has 0 saturated carbocycles. The Hall–Kier alpha value is -5.14. The number of para-hydroxylation sites is 2. The van der Waals surface area contributed by atoms with E-state index in [9.17, 15) is 14.7 Å². The molecule has 40 heavy (non-hydrogen) atoms. The molecule has 1 aliphatic rings. The largest absolute Gasteiger partial charge is 0.504 e. The van der Waals surface area contributed by atoms with Crippen molar-refractivity contribution in [1.29, 1.82) is 5.26 Å². The molecule has 3 aromatic carbocycles. The van der Waals surface area contributed by atoms with Gasteiger partial charge in [0, 0.05) is 11.3 Å². The van der Waals surface area contributed by atoms with Crippen molar-refractivity contribution in [1.82, 2.24) is 4.57 Å². The van der Waals surface area contributed by atoms with Gasteiger partial charge in [-0.15, -0.1) is 0 Å². The van der Waals surface area contributed by atoms with Crippen molar-refractivity contribution in [2.24, 2.45) is 4.99 Å². The fourth-order valence-electron chi connectivity index (χ4n) is 4.49. The van der Waals surface area contributed by atoms with Crippen LogP contribution in [0.3, 0.4) is 0 Å². The average Bonchev–Trinajstić information content (AvgIpc) is 3.26. The van der Waals surface area contributed by atoms with Crippen LogP contribution in [0.15, 0.2) is 93.9 Å². The smallest absolute Gasteiger partial charge is 0.271 e. The lowest BCUT2D eigenvalue weighted by Gasteiger charge is -2.25. The van der Waals surface area contributed by atoms with Gasteiger partial charge in [0.05, 0.1) is 29.0 Å². The molecular formula is C30H24N4O5S. The normalized spacial score (nSPS) is 14.6. The number of carbonyl (C=O) groups is 1. The summed E-state index contributed by atoms with van der Waals surface area (Å²) >= 11 is 1.18. The van der Waals surface area contributed by atoms with E-state index in [4.69, 9.17) is 14.7 Å². The Balaban J connectivity index is 1.69. The molecule has 0 fully saturated rings. The number of aromatic nitrogens is 1. The van der Waals surface area contributed by atoms with Crippen molar-refractivity contribution in [2.75, 3.05) is 19.0 Å². The summed E-state index contributed by atoms with van der Waals surface area (Å²) in [4.78, 5) is 32.7. The molecule has 2 heterocycles. The van der Waals surface area contributed by atoms with E-state index < -0.39 is 11.9 Å². The first kappa shape index (κ1) is 26.5. The Kier molecular flexibility index (Phi) is 7.48. The average molecular weight is 553 g/mol. The lowest BCUT2D eigenvalue weighted by atomic mass is 9.94. The van der Waals surface area contributed by atoms with E-state index in [0.29, 0.717) is 37.6 Å². The van der Waals surface area contributed by atoms with Crippen LogP contribution in [0.4, 0.5) is 5.69 Å². The fourth-order valence-corrected chi connectivity index (χ4v) is 5.53. The molecule has 10 heteroatoms. The van der Waals surface area contributed by atoms with E-state index in [0.717, 1.165) is 0 Å². The molecule has 0 aliphatic carbocycles. The number of carbonyl (C=O) groups excluding carboxylic acids is 1. The number of aromatic hydroxyl groups is 1. The number of allylic oxidation sites excluding steroid dienone is 1. The van der Waals surface area contributed by atoms with Crippen LogP contribution in [0.5, 0.6) is 17.2 Å². The number of nitrogens with zero attached hydrogens (tertiary/aromatic N) is 3. The zero-order chi connectivity index (χ0) is 28.2. The van der Waals surface area contributed by atoms with Gasteiger partial charge in [0.2, 0.25) is 0 Å². The summed E-state index contributed by atoms with van der Waals surface area (Å²) in [5, 5.41) is 22.1. The first-order valence-corrected chi connectivity index (χ1v) is 13.1. The number of thiazole rings is 1. The summed E-state index contributed by atoms with van der Waals surface area (Å²) in [6.45, 7) is 1.60. The van der Waals surface area contributed by atoms with E-state index in [1.807, 2.05) is 30.3 Å². The molecule has 1 atom stereocenters. The third kappa shape index (κ3) is 5.10. The van der Waals surface area contributed by atoms with Gasteiger partial charge in [0.25, 0.3) is 11.5 Å². The maximum Gasteiger partial charge on any atom is 0.271 e. The zero-order valence-corrected chi connectivity index (χ0v) is 22.4. The zero-order valence-electron chi connectivity index (χ0n) is 21.6. The van der Waals surface area contributed by atoms with E-state index in [2.05, 4.69) is 10.3 Å². The van der Waals surface area contributed by atoms with Gasteiger partial charge in [0.1, 0.15) is 11.8 Å². The van der Waals surface area contributed by atoms with Crippen LogP contribution in [0.25, 0.3) is 6.08 Å². The maximum atomic E-state index is 13.9. The fraction of sp³-hybridized carbons (Fsp3) is 0.133. The highest BCUT2D eigenvalue weighted by molar-refractivity contribution is 7.07. The summed E-state index contributed by atoms with van der Waals surface area (Å²) in [5.41, 5.74) is 2.18. The number of ether oxygens (including phenoxy) is 2. The number of fused-ring (bicyclic) bond motifs is 1. The van der Waals surface area contributed by atoms with Crippen molar-refractivity contribution in [3.8, 4) is 23.3 Å². The van der Waals surface area contributed by atoms with Gasteiger partial charge in [-0.05, 0) is 48.9 Å². The van der Waals surface area contributed by atoms with Crippen LogP contribution in [0, 0.1) is 11.3 Å². The minimum atomic E-state index is -0.846. The van der Waals surface area contributed by atoms with Gasteiger partial charge < -0.3 is 19.9 Å². The molecule has 0 bridgehead atoms. The predicted molar refractivity (Wildman–Crippen MR) is 151 cm³/mol. The Bertz CT molecular complexity index is 1850. The van der Waals surface area contributed by atoms with Crippen molar-refractivity contribution >= 4 is 29.0 Å². The van der Waals surface area contributed by atoms with Crippen LogP contribution in [0.1, 0.15) is 24.1 Å². The molecule has 0 spiro atoms. The number of amides is 1. The van der Waals surface area contributed by atoms with E-state index in [1.165, 1.54) is 29.1 Å². The summed E-state index contributed by atoms with van der Waals surface area (Å²) < 4.78 is 12.7. The molecular weight excluding hydrogens is 528 g/mol. The van der Waals surface area contributed by atoms with Gasteiger partial charge in [-0.2, -0.15) is 5.26 Å². The summed E-state index contributed by atoms with van der Waals surface area (Å²) in [5.74, 6) is 0.201. The van der Waals surface area contributed by atoms with Crippen LogP contribution in [0.2, 0.25) is 0 Å². The number of nitrogens with one attached hydrogen (secondary N) is 1. The standard InChI is InChI=1S/C30H24N4O5S/c1-18-26(28(36)33-21-9-4-3-5-10-21)27(20-12-13-22(35)24(16-20)38-2)34-29(37)25(40-30(34)32-18)17-19-8-6-7-11-23(19)39-15-14-31/h3-13,16-17,27,35H,15H2,1-2H3,(H,33,36)/b25-17-/t27-/m0/s1. The lowest BCUT2D eigenvalue weighted by molar-refractivity contribution is -0.113. The van der Waals surface area contributed by atoms with Crippen molar-refractivity contribution in [2.45, 2.75) is 13.0 Å². The second-order valence-corrected chi connectivity index (χ2v) is 9.83. The van der Waals surface area contributed by atoms with Crippen LogP contribution >= 0.6 is 11.3 Å². The number of benzene rings is 3. The minimum Gasteiger partial charge on any atom is -0.504 e. The molecule has 1 aliphatic heterocycles. The number of hydrogen-bond donors (Lipinski definition) is 2. The Morgan fingerprint density at radius 1 is 1.15 bits per heavy atom. The van der Waals surface area contributed by atoms with Crippen LogP contribution in [-0.4, -0.2) is 29.3 Å². The van der Waals surface area contributed by atoms with E-state index in [-0.39, 0.29) is 29.2 Å². The van der Waals surface area contributed by atoms with Crippen molar-refractivity contribution in [3.63, 3.8) is 0 Å². The predicted octanol–water partition coefficient (Wildman–Crippen LogP) is 3.49. The number of phenolic OH excluding ortho intramolecular Hbond substituents is 1. The second-order valence-electron chi connectivity index (χ2n) is 8.82. The van der Waals surface area contributed by atoms with Crippen molar-refractivity contribution in [3.05, 3.63) is 115 Å². The molecule has 0 radical (unpaired) electrons. The first-order chi connectivity index (χ1) is 19.4. The van der Waals surface area contributed by atoms with E-state index in [1.54, 1.807) is 55.5 Å². The number of rotatable bonds is 7. The summed E-state index contributed by atoms with van der Waals surface area (Å²) in [6.07, 6.45) is 1.69. The monoisotopic (exact) mass is 552 g/mol. The molecule has 5 rings (SSSR count). The first-order valence-electron chi connectivity index (χ1n) is 12.3. The summed E-state index contributed by atoms with van der Waals surface area (Å²) in [6, 6.07) is 21.9. The highest BCUT2D eigenvalue weighted by atomic mass is 32.1. The number of phenols is 1. The molecule has 2 N–H and O–H groups in total. The quantitative estimate of drug-likeness (QED) is 0.362. The molecule has 4 aromatic rings. The number of anilines is 1. The maximum absolute atomic E-state index is 13.9. The van der Waals surface area contributed by atoms with Gasteiger partial charge in [0.15, 0.2) is 22.9 Å². The molecule has 200 valence electrons. The molecule has 9 nitrogen and oxygen atoms in total. The number of hydrogen-bond acceptors (Lipinski definition) is 8. The van der Waals surface area contributed by atoms with Crippen LogP contribution in [-0.2, 0) is 4.79 Å².